The maximum Gasteiger partial charge on any atom is 0.265 e. The monoisotopic (exact) mass is 346 g/mol. The largest absolute Gasteiger partial charge is 0.265 e. The van der Waals surface area contributed by atoms with E-state index in [0.717, 1.165) is 5.56 Å². The van der Waals surface area contributed by atoms with Crippen molar-refractivity contribution in [1.82, 2.24) is 4.31 Å². The Bertz CT molecular complexity index is 790. The first kappa shape index (κ1) is 16.1. The van der Waals surface area contributed by atoms with Gasteiger partial charge in [0.05, 0.1) is 18.0 Å². The second kappa shape index (κ2) is 6.76. The molecule has 2 aromatic rings. The van der Waals surface area contributed by atoms with Crippen molar-refractivity contribution in [1.29, 1.82) is 0 Å². The second-order valence-electron chi connectivity index (χ2n) is 5.23. The normalized spacial score (nSPS) is 16.2. The van der Waals surface area contributed by atoms with E-state index in [1.165, 1.54) is 16.1 Å². The van der Waals surface area contributed by atoms with Crippen molar-refractivity contribution in [3.8, 4) is 0 Å². The number of sulfonamides is 1. The van der Waals surface area contributed by atoms with Gasteiger partial charge in [-0.15, -0.1) is 0 Å². The van der Waals surface area contributed by atoms with Crippen LogP contribution >= 0.6 is 11.8 Å². The Balaban J connectivity index is 1.81. The van der Waals surface area contributed by atoms with Crippen LogP contribution in [0, 0.1) is 0 Å². The highest BCUT2D eigenvalue weighted by atomic mass is 32.2. The van der Waals surface area contributed by atoms with E-state index in [2.05, 4.69) is 11.9 Å². The highest BCUT2D eigenvalue weighted by Gasteiger charge is 2.31. The van der Waals surface area contributed by atoms with Crippen LogP contribution < -0.4 is 0 Å². The van der Waals surface area contributed by atoms with Gasteiger partial charge in [-0.2, -0.15) is 0 Å². The fourth-order valence-corrected chi connectivity index (χ4v) is 5.15. The molecule has 6 heteroatoms. The summed E-state index contributed by atoms with van der Waals surface area (Å²) >= 11 is 1.49. The smallest absolute Gasteiger partial charge is 0.260 e. The zero-order chi connectivity index (χ0) is 16.3. The van der Waals surface area contributed by atoms with E-state index in [1.54, 1.807) is 24.3 Å². The third-order valence-electron chi connectivity index (χ3n) is 3.65. The third-order valence-corrected chi connectivity index (χ3v) is 6.75. The number of hydrogen-bond acceptors (Lipinski definition) is 4. The minimum Gasteiger partial charge on any atom is -0.260 e. The van der Waals surface area contributed by atoms with Gasteiger partial charge >= 0.3 is 0 Å². The molecule has 0 saturated carbocycles. The quantitative estimate of drug-likeness (QED) is 0.851. The predicted molar refractivity (Wildman–Crippen MR) is 95.1 cm³/mol. The molecule has 2 aromatic carbocycles. The molecule has 0 amide bonds. The van der Waals surface area contributed by atoms with E-state index in [4.69, 9.17) is 0 Å². The van der Waals surface area contributed by atoms with Crippen molar-refractivity contribution in [3.63, 3.8) is 0 Å². The summed E-state index contributed by atoms with van der Waals surface area (Å²) in [5, 5.41) is 0.715. The van der Waals surface area contributed by atoms with E-state index in [-0.39, 0.29) is 5.25 Å². The summed E-state index contributed by atoms with van der Waals surface area (Å²) in [5.41, 5.74) is 1.16. The maximum atomic E-state index is 12.8. The van der Waals surface area contributed by atoms with Crippen molar-refractivity contribution in [2.24, 2.45) is 4.99 Å². The first-order valence-corrected chi connectivity index (χ1v) is 9.75. The molecule has 0 radical (unpaired) electrons. The molecule has 1 heterocycles. The molecule has 0 spiro atoms. The Morgan fingerprint density at radius 1 is 1.04 bits per heavy atom. The van der Waals surface area contributed by atoms with Gasteiger partial charge in [-0.25, -0.2) is 12.7 Å². The molecule has 0 saturated heterocycles. The van der Waals surface area contributed by atoms with Crippen LogP contribution in [0.3, 0.4) is 0 Å². The molecule has 23 heavy (non-hydrogen) atoms. The number of aliphatic imine (C=N–C) groups is 1. The molecule has 1 aliphatic heterocycles. The average molecular weight is 346 g/mol. The Labute approximate surface area is 141 Å². The molecular weight excluding hydrogens is 328 g/mol. The molecule has 0 aromatic heterocycles. The Kier molecular flexibility index (Phi) is 4.73. The lowest BCUT2D eigenvalue weighted by molar-refractivity contribution is 0.540. The van der Waals surface area contributed by atoms with Gasteiger partial charge in [-0.1, -0.05) is 60.3 Å². The first-order chi connectivity index (χ1) is 11.1. The molecular formula is C17H18N2O2S2. The van der Waals surface area contributed by atoms with Crippen LogP contribution in [0.25, 0.3) is 0 Å². The van der Waals surface area contributed by atoms with Crippen LogP contribution in [-0.4, -0.2) is 31.0 Å². The van der Waals surface area contributed by atoms with Crippen molar-refractivity contribution < 1.29 is 8.42 Å². The van der Waals surface area contributed by atoms with Gasteiger partial charge in [-0.05, 0) is 24.6 Å². The minimum atomic E-state index is -3.53. The van der Waals surface area contributed by atoms with Crippen LogP contribution in [0.5, 0.6) is 0 Å². The molecule has 1 atom stereocenters. The van der Waals surface area contributed by atoms with Crippen LogP contribution in [0.4, 0.5) is 0 Å². The number of hydrogen-bond donors (Lipinski definition) is 0. The van der Waals surface area contributed by atoms with Crippen molar-refractivity contribution in [3.05, 3.63) is 66.2 Å². The Morgan fingerprint density at radius 2 is 1.65 bits per heavy atom. The summed E-state index contributed by atoms with van der Waals surface area (Å²) in [7, 11) is -3.53. The van der Waals surface area contributed by atoms with Gasteiger partial charge in [-0.3, -0.25) is 4.99 Å². The van der Waals surface area contributed by atoms with Crippen molar-refractivity contribution in [2.45, 2.75) is 17.1 Å². The van der Waals surface area contributed by atoms with Crippen LogP contribution in [0.2, 0.25) is 0 Å². The fraction of sp³-hybridized carbons (Fsp3) is 0.235. The molecule has 0 bridgehead atoms. The lowest BCUT2D eigenvalue weighted by atomic mass is 10.2. The lowest BCUT2D eigenvalue weighted by Gasteiger charge is -2.22. The van der Waals surface area contributed by atoms with E-state index in [0.29, 0.717) is 23.2 Å². The zero-order valence-electron chi connectivity index (χ0n) is 12.8. The van der Waals surface area contributed by atoms with Crippen LogP contribution in [0.15, 0.2) is 70.6 Å². The number of thioether (sulfide) groups is 1. The summed E-state index contributed by atoms with van der Waals surface area (Å²) < 4.78 is 27.0. The second-order valence-corrected chi connectivity index (χ2v) is 8.40. The number of benzene rings is 2. The van der Waals surface area contributed by atoms with E-state index < -0.39 is 10.0 Å². The van der Waals surface area contributed by atoms with Gasteiger partial charge in [0, 0.05) is 5.25 Å². The molecule has 120 valence electrons. The predicted octanol–water partition coefficient (Wildman–Crippen LogP) is 3.54. The summed E-state index contributed by atoms with van der Waals surface area (Å²) in [5.74, 6) is 0. The minimum absolute atomic E-state index is 0.140. The van der Waals surface area contributed by atoms with Crippen molar-refractivity contribution in [2.75, 3.05) is 13.1 Å². The molecule has 3 rings (SSSR count). The lowest BCUT2D eigenvalue weighted by Crippen LogP contribution is -2.33. The molecule has 0 aliphatic carbocycles. The Morgan fingerprint density at radius 3 is 2.30 bits per heavy atom. The summed E-state index contributed by atoms with van der Waals surface area (Å²) in [4.78, 5) is 4.71. The first-order valence-electron chi connectivity index (χ1n) is 7.43. The maximum absolute atomic E-state index is 12.8. The topological polar surface area (TPSA) is 49.7 Å². The SMILES string of the molecule is C[C@@H](SC1=NCCN1S(=O)(=O)c1ccccc1)c1ccccc1. The summed E-state index contributed by atoms with van der Waals surface area (Å²) in [6, 6.07) is 18.6. The number of amidine groups is 1. The molecule has 0 unspecified atom stereocenters. The van der Waals surface area contributed by atoms with Gasteiger partial charge in [0.15, 0.2) is 5.17 Å². The highest BCUT2D eigenvalue weighted by Crippen LogP contribution is 2.33. The highest BCUT2D eigenvalue weighted by molar-refractivity contribution is 8.15. The van der Waals surface area contributed by atoms with Gasteiger partial charge in [0.2, 0.25) is 0 Å². The zero-order valence-corrected chi connectivity index (χ0v) is 14.4. The van der Waals surface area contributed by atoms with Crippen molar-refractivity contribution >= 4 is 27.0 Å². The Hall–Kier alpha value is -1.79. The van der Waals surface area contributed by atoms with E-state index >= 15 is 0 Å². The average Bonchev–Trinajstić information content (AvgIpc) is 3.05. The molecule has 1 aliphatic rings. The van der Waals surface area contributed by atoms with Gasteiger partial charge in [0.25, 0.3) is 10.0 Å². The van der Waals surface area contributed by atoms with Crippen LogP contribution in [0.1, 0.15) is 17.7 Å². The number of nitrogens with zero attached hydrogens (tertiary/aromatic N) is 2. The third kappa shape index (κ3) is 3.43. The van der Waals surface area contributed by atoms with Crippen LogP contribution in [-0.2, 0) is 10.0 Å². The van der Waals surface area contributed by atoms with E-state index in [1.807, 2.05) is 36.4 Å². The summed E-state index contributed by atoms with van der Waals surface area (Å²) in [6.07, 6.45) is 0. The number of rotatable bonds is 4. The van der Waals surface area contributed by atoms with E-state index in [9.17, 15) is 8.42 Å². The molecule has 0 fully saturated rings. The molecule has 0 N–H and O–H groups in total. The van der Waals surface area contributed by atoms with Gasteiger partial charge in [0.1, 0.15) is 0 Å². The fourth-order valence-electron chi connectivity index (χ4n) is 2.40. The standard InChI is InChI=1S/C17H18N2O2S2/c1-14(15-8-4-2-5-9-15)22-17-18-12-13-19(17)23(20,21)16-10-6-3-7-11-16/h2-11,14H,12-13H2,1H3/t14-/m1/s1. The molecule has 4 nitrogen and oxygen atoms in total. The van der Waals surface area contributed by atoms with Gasteiger partial charge < -0.3 is 0 Å². The summed E-state index contributed by atoms with van der Waals surface area (Å²) in [6.45, 7) is 2.98.